The van der Waals surface area contributed by atoms with E-state index in [1.807, 2.05) is 6.92 Å². The van der Waals surface area contributed by atoms with Gasteiger partial charge >= 0.3 is 6.09 Å². The summed E-state index contributed by atoms with van der Waals surface area (Å²) >= 11 is 19.9. The lowest BCUT2D eigenvalue weighted by Gasteiger charge is -2.36. The van der Waals surface area contributed by atoms with E-state index < -0.39 is 15.9 Å². The molecule has 2 N–H and O–H groups in total. The van der Waals surface area contributed by atoms with Crippen LogP contribution in [0, 0.1) is 6.92 Å². The second-order valence-corrected chi connectivity index (χ2v) is 11.0. The SMILES string of the molecule is Cc1nnc(SCC2c3cc(O)c(O)cc3CCN2C(=O)OCC(Cl)(Cl)Cl)s1. The highest BCUT2D eigenvalue weighted by Crippen LogP contribution is 2.40. The molecule has 28 heavy (non-hydrogen) atoms. The van der Waals surface area contributed by atoms with Gasteiger partial charge < -0.3 is 14.9 Å². The number of amides is 1. The molecule has 0 spiro atoms. The summed E-state index contributed by atoms with van der Waals surface area (Å²) in [5.74, 6) is 0.00323. The van der Waals surface area contributed by atoms with E-state index in [2.05, 4.69) is 10.2 Å². The standard InChI is InChI=1S/C16H16Cl3N3O4S2/c1-8-20-21-14(28-8)27-6-11-10-5-13(24)12(23)4-9(10)2-3-22(11)15(25)26-7-16(17,18)19/h4-5,11,23-24H,2-3,6-7H2,1H3. The van der Waals surface area contributed by atoms with E-state index >= 15 is 0 Å². The van der Waals surface area contributed by atoms with Crippen LogP contribution in [0.3, 0.4) is 0 Å². The van der Waals surface area contributed by atoms with Crippen molar-refractivity contribution in [1.82, 2.24) is 15.1 Å². The molecule has 1 unspecified atom stereocenters. The van der Waals surface area contributed by atoms with E-state index in [4.69, 9.17) is 39.5 Å². The highest BCUT2D eigenvalue weighted by Gasteiger charge is 2.34. The van der Waals surface area contributed by atoms with Gasteiger partial charge in [-0.05, 0) is 36.6 Å². The van der Waals surface area contributed by atoms with Crippen LogP contribution in [-0.4, -0.2) is 54.1 Å². The van der Waals surface area contributed by atoms with Gasteiger partial charge in [0.25, 0.3) is 0 Å². The molecule has 0 aliphatic carbocycles. The molecule has 1 aliphatic heterocycles. The predicted octanol–water partition coefficient (Wildman–Crippen LogP) is 4.46. The number of carbonyl (C=O) groups is 1. The van der Waals surface area contributed by atoms with Crippen LogP contribution < -0.4 is 0 Å². The molecule has 0 fully saturated rings. The summed E-state index contributed by atoms with van der Waals surface area (Å²) in [6.45, 7) is 1.84. The van der Waals surface area contributed by atoms with Crippen LogP contribution >= 0.6 is 57.9 Å². The van der Waals surface area contributed by atoms with E-state index in [-0.39, 0.29) is 18.1 Å². The van der Waals surface area contributed by atoms with Crippen molar-refractivity contribution in [2.24, 2.45) is 0 Å². The van der Waals surface area contributed by atoms with Crippen molar-refractivity contribution < 1.29 is 19.7 Å². The maximum absolute atomic E-state index is 12.6. The van der Waals surface area contributed by atoms with Crippen molar-refractivity contribution in [3.8, 4) is 11.5 Å². The Bertz CT molecular complexity index is 875. The number of halogens is 3. The van der Waals surface area contributed by atoms with Crippen LogP contribution in [0.15, 0.2) is 16.5 Å². The van der Waals surface area contributed by atoms with E-state index in [1.54, 1.807) is 0 Å². The van der Waals surface area contributed by atoms with Gasteiger partial charge in [0.2, 0.25) is 3.79 Å². The van der Waals surface area contributed by atoms with E-state index in [0.29, 0.717) is 18.7 Å². The van der Waals surface area contributed by atoms with Crippen LogP contribution in [0.5, 0.6) is 11.5 Å². The number of hydrogen-bond donors (Lipinski definition) is 2. The van der Waals surface area contributed by atoms with Crippen molar-refractivity contribution >= 4 is 64.0 Å². The average molecular weight is 485 g/mol. The van der Waals surface area contributed by atoms with Crippen molar-refractivity contribution in [2.75, 3.05) is 18.9 Å². The number of aromatic hydroxyl groups is 2. The first-order chi connectivity index (χ1) is 13.1. The Balaban J connectivity index is 1.85. The molecular formula is C16H16Cl3N3O4S2. The number of aryl methyl sites for hydroxylation is 1. The molecule has 0 radical (unpaired) electrons. The number of nitrogens with zero attached hydrogens (tertiary/aromatic N) is 3. The van der Waals surface area contributed by atoms with Crippen molar-refractivity contribution in [2.45, 2.75) is 27.5 Å². The molecule has 0 bridgehead atoms. The average Bonchev–Trinajstić information content (AvgIpc) is 3.03. The first-order valence-electron chi connectivity index (χ1n) is 8.12. The third kappa shape index (κ3) is 5.27. The van der Waals surface area contributed by atoms with Crippen LogP contribution in [0.2, 0.25) is 0 Å². The second kappa shape index (κ2) is 8.71. The van der Waals surface area contributed by atoms with Crippen molar-refractivity contribution in [1.29, 1.82) is 0 Å². The summed E-state index contributed by atoms with van der Waals surface area (Å²) in [6.07, 6.45) is -0.130. The molecule has 0 saturated carbocycles. The van der Waals surface area contributed by atoms with Crippen molar-refractivity contribution in [3.63, 3.8) is 0 Å². The van der Waals surface area contributed by atoms with Gasteiger partial charge in [-0.1, -0.05) is 57.9 Å². The number of fused-ring (bicyclic) bond motifs is 1. The molecule has 7 nitrogen and oxygen atoms in total. The maximum atomic E-state index is 12.6. The maximum Gasteiger partial charge on any atom is 0.410 e. The zero-order chi connectivity index (χ0) is 20.5. The van der Waals surface area contributed by atoms with Crippen LogP contribution in [0.1, 0.15) is 22.2 Å². The number of phenolic OH excluding ortho intramolecular Hbond substituents is 2. The monoisotopic (exact) mass is 483 g/mol. The lowest BCUT2D eigenvalue weighted by atomic mass is 9.93. The largest absolute Gasteiger partial charge is 0.504 e. The number of ether oxygens (including phenoxy) is 1. The molecule has 1 atom stereocenters. The van der Waals surface area contributed by atoms with Gasteiger partial charge in [0, 0.05) is 12.3 Å². The zero-order valence-electron chi connectivity index (χ0n) is 14.6. The summed E-state index contributed by atoms with van der Waals surface area (Å²) in [6, 6.07) is 2.56. The van der Waals surface area contributed by atoms with Crippen LogP contribution in [0.4, 0.5) is 4.79 Å². The molecule has 12 heteroatoms. The molecule has 2 heterocycles. The zero-order valence-corrected chi connectivity index (χ0v) is 18.5. The molecular weight excluding hydrogens is 469 g/mol. The molecule has 1 amide bonds. The Morgan fingerprint density at radius 3 is 2.71 bits per heavy atom. The fraction of sp³-hybridized carbons (Fsp3) is 0.438. The fourth-order valence-electron chi connectivity index (χ4n) is 2.84. The molecule has 1 aromatic carbocycles. The lowest BCUT2D eigenvalue weighted by Crippen LogP contribution is -2.42. The summed E-state index contributed by atoms with van der Waals surface area (Å²) in [5, 5.41) is 28.7. The molecule has 152 valence electrons. The molecule has 0 saturated heterocycles. The van der Waals surface area contributed by atoms with Gasteiger partial charge in [0.15, 0.2) is 15.8 Å². The number of rotatable bonds is 4. The van der Waals surface area contributed by atoms with Gasteiger partial charge in [0.1, 0.15) is 11.6 Å². The number of carbonyl (C=O) groups excluding carboxylic acids is 1. The Morgan fingerprint density at radius 1 is 1.36 bits per heavy atom. The highest BCUT2D eigenvalue weighted by atomic mass is 35.6. The van der Waals surface area contributed by atoms with E-state index in [0.717, 1.165) is 20.5 Å². The molecule has 1 aromatic heterocycles. The van der Waals surface area contributed by atoms with Gasteiger partial charge in [-0.15, -0.1) is 10.2 Å². The normalized spacial score (nSPS) is 16.7. The number of phenols is 2. The first-order valence-corrected chi connectivity index (χ1v) is 11.1. The summed E-state index contributed by atoms with van der Waals surface area (Å²) < 4.78 is 4.21. The molecule has 3 rings (SSSR count). The number of benzene rings is 1. The van der Waals surface area contributed by atoms with E-state index in [9.17, 15) is 15.0 Å². The minimum atomic E-state index is -1.71. The number of thioether (sulfide) groups is 1. The number of hydrogen-bond acceptors (Lipinski definition) is 8. The Hall–Kier alpha value is -1.13. The van der Waals surface area contributed by atoms with Crippen LogP contribution in [0.25, 0.3) is 0 Å². The Morgan fingerprint density at radius 2 is 2.07 bits per heavy atom. The quantitative estimate of drug-likeness (QED) is 0.376. The first kappa shape index (κ1) is 21.6. The lowest BCUT2D eigenvalue weighted by molar-refractivity contribution is 0.0881. The minimum absolute atomic E-state index is 0.197. The smallest absolute Gasteiger partial charge is 0.410 e. The van der Waals surface area contributed by atoms with Gasteiger partial charge in [-0.2, -0.15) is 0 Å². The highest BCUT2D eigenvalue weighted by molar-refractivity contribution is 8.01. The van der Waals surface area contributed by atoms with Gasteiger partial charge in [-0.3, -0.25) is 4.90 Å². The predicted molar refractivity (Wildman–Crippen MR) is 110 cm³/mol. The Kier molecular flexibility index (Phi) is 6.71. The van der Waals surface area contributed by atoms with E-state index in [1.165, 1.54) is 40.1 Å². The number of aromatic nitrogens is 2. The third-order valence-corrected chi connectivity index (χ3v) is 6.43. The second-order valence-electron chi connectivity index (χ2n) is 6.07. The summed E-state index contributed by atoms with van der Waals surface area (Å²) in [4.78, 5) is 14.1. The van der Waals surface area contributed by atoms with Crippen molar-refractivity contribution in [3.05, 3.63) is 28.3 Å². The summed E-state index contributed by atoms with van der Waals surface area (Å²) in [5.41, 5.74) is 1.57. The number of alkyl halides is 3. The van der Waals surface area contributed by atoms with Gasteiger partial charge in [0.05, 0.1) is 6.04 Å². The summed E-state index contributed by atoms with van der Waals surface area (Å²) in [7, 11) is 0. The molecule has 1 aliphatic rings. The molecule has 2 aromatic rings. The topological polar surface area (TPSA) is 95.8 Å². The third-order valence-electron chi connectivity index (χ3n) is 4.06. The van der Waals surface area contributed by atoms with Gasteiger partial charge in [-0.25, -0.2) is 4.79 Å². The van der Waals surface area contributed by atoms with Crippen LogP contribution in [-0.2, 0) is 11.2 Å². The minimum Gasteiger partial charge on any atom is -0.504 e. The fourth-order valence-corrected chi connectivity index (χ4v) is 4.98. The Labute approximate surface area is 184 Å².